The average Bonchev–Trinajstić information content (AvgIpc) is 2.45. The molecule has 72 valence electrons. The van der Waals surface area contributed by atoms with Gasteiger partial charge in [0, 0.05) is 5.71 Å². The lowest BCUT2D eigenvalue weighted by Gasteiger charge is -1.98. The maximum Gasteiger partial charge on any atom is 0.150 e. The van der Waals surface area contributed by atoms with Gasteiger partial charge >= 0.3 is 0 Å². The van der Waals surface area contributed by atoms with Crippen molar-refractivity contribution in [2.24, 2.45) is 0 Å². The zero-order valence-electron chi connectivity index (χ0n) is 7.89. The Labute approximate surface area is 84.9 Å². The number of rotatable bonds is 1. The van der Waals surface area contributed by atoms with Gasteiger partial charge < -0.3 is 5.41 Å². The molecule has 0 aliphatic heterocycles. The Morgan fingerprint density at radius 3 is 2.86 bits per heavy atom. The summed E-state index contributed by atoms with van der Waals surface area (Å²) < 4.78 is 14.3. The van der Waals surface area contributed by atoms with E-state index in [9.17, 15) is 4.39 Å². The van der Waals surface area contributed by atoms with Gasteiger partial charge in [-0.15, -0.1) is 11.3 Å². The monoisotopic (exact) mass is 208 g/mol. The van der Waals surface area contributed by atoms with Crippen molar-refractivity contribution < 1.29 is 4.39 Å². The topological polar surface area (TPSA) is 36.7 Å². The lowest BCUT2D eigenvalue weighted by atomic mass is 10.1. The summed E-state index contributed by atoms with van der Waals surface area (Å²) in [5.41, 5.74) is 1.41. The standard InChI is InChI=1S/C10H9FN2S/c1-5(12)7-3-8(11)10-9(4-7)14-6(2)13-10/h3-4,12H,1-2H3. The molecule has 2 nitrogen and oxygen atoms in total. The van der Waals surface area contributed by atoms with Crippen LogP contribution in [0.5, 0.6) is 0 Å². The van der Waals surface area contributed by atoms with E-state index >= 15 is 0 Å². The summed E-state index contributed by atoms with van der Waals surface area (Å²) in [6.07, 6.45) is 0. The molecule has 1 aromatic heterocycles. The molecule has 4 heteroatoms. The number of halogens is 1. The zero-order chi connectivity index (χ0) is 10.3. The minimum atomic E-state index is -0.339. The van der Waals surface area contributed by atoms with E-state index < -0.39 is 0 Å². The molecule has 0 saturated heterocycles. The summed E-state index contributed by atoms with van der Waals surface area (Å²) in [5, 5.41) is 8.28. The first-order valence-corrected chi connectivity index (χ1v) is 5.02. The number of fused-ring (bicyclic) bond motifs is 1. The number of nitrogens with zero attached hydrogens (tertiary/aromatic N) is 1. The molecule has 0 bridgehead atoms. The predicted octanol–water partition coefficient (Wildman–Crippen LogP) is 3.13. The first-order valence-electron chi connectivity index (χ1n) is 4.20. The summed E-state index contributed by atoms with van der Waals surface area (Å²) in [7, 11) is 0. The van der Waals surface area contributed by atoms with Gasteiger partial charge in [-0.25, -0.2) is 9.37 Å². The van der Waals surface area contributed by atoms with Crippen LogP contribution >= 0.6 is 11.3 Å². The molecule has 0 saturated carbocycles. The summed E-state index contributed by atoms with van der Waals surface area (Å²) in [4.78, 5) is 4.09. The van der Waals surface area contributed by atoms with E-state index in [2.05, 4.69) is 4.98 Å². The van der Waals surface area contributed by atoms with Crippen LogP contribution in [0.15, 0.2) is 12.1 Å². The van der Waals surface area contributed by atoms with Crippen molar-refractivity contribution in [1.29, 1.82) is 5.41 Å². The van der Waals surface area contributed by atoms with E-state index in [1.807, 2.05) is 13.0 Å². The number of thiazole rings is 1. The summed E-state index contributed by atoms with van der Waals surface area (Å²) >= 11 is 1.45. The first-order chi connectivity index (χ1) is 6.58. The van der Waals surface area contributed by atoms with Gasteiger partial charge in [0.15, 0.2) is 5.82 Å². The van der Waals surface area contributed by atoms with Crippen molar-refractivity contribution in [3.63, 3.8) is 0 Å². The molecule has 2 aromatic rings. The fourth-order valence-electron chi connectivity index (χ4n) is 1.32. The molecule has 0 fully saturated rings. The third-order valence-electron chi connectivity index (χ3n) is 1.99. The highest BCUT2D eigenvalue weighted by Crippen LogP contribution is 2.25. The third-order valence-corrected chi connectivity index (χ3v) is 2.91. The lowest BCUT2D eigenvalue weighted by molar-refractivity contribution is 0.637. The van der Waals surface area contributed by atoms with E-state index in [4.69, 9.17) is 5.41 Å². The number of aromatic nitrogens is 1. The van der Waals surface area contributed by atoms with Crippen LogP contribution in [-0.2, 0) is 0 Å². The number of benzene rings is 1. The van der Waals surface area contributed by atoms with Crippen LogP contribution in [-0.4, -0.2) is 10.7 Å². The van der Waals surface area contributed by atoms with Gasteiger partial charge in [0.05, 0.1) is 9.71 Å². The highest BCUT2D eigenvalue weighted by Gasteiger charge is 2.08. The van der Waals surface area contributed by atoms with E-state index in [1.165, 1.54) is 17.4 Å². The molecule has 1 heterocycles. The number of hydrogen-bond acceptors (Lipinski definition) is 3. The SMILES string of the molecule is CC(=N)c1cc(F)c2nc(C)sc2c1. The van der Waals surface area contributed by atoms with Gasteiger partial charge in [0.25, 0.3) is 0 Å². The fourth-order valence-corrected chi connectivity index (χ4v) is 2.20. The quantitative estimate of drug-likeness (QED) is 0.718. The van der Waals surface area contributed by atoms with Crippen molar-refractivity contribution in [3.05, 3.63) is 28.5 Å². The van der Waals surface area contributed by atoms with E-state index in [-0.39, 0.29) is 5.82 Å². The maximum atomic E-state index is 13.5. The van der Waals surface area contributed by atoms with Gasteiger partial charge in [-0.1, -0.05) is 0 Å². The molecule has 14 heavy (non-hydrogen) atoms. The summed E-state index contributed by atoms with van der Waals surface area (Å²) in [6.45, 7) is 3.50. The minimum Gasteiger partial charge on any atom is -0.305 e. The van der Waals surface area contributed by atoms with Gasteiger partial charge in [-0.3, -0.25) is 0 Å². The van der Waals surface area contributed by atoms with Crippen molar-refractivity contribution >= 4 is 27.3 Å². The minimum absolute atomic E-state index is 0.339. The van der Waals surface area contributed by atoms with E-state index in [0.717, 1.165) is 9.71 Å². The van der Waals surface area contributed by atoms with Crippen molar-refractivity contribution in [2.45, 2.75) is 13.8 Å². The van der Waals surface area contributed by atoms with Gasteiger partial charge in [0.2, 0.25) is 0 Å². The van der Waals surface area contributed by atoms with Crippen molar-refractivity contribution in [1.82, 2.24) is 4.98 Å². The lowest BCUT2D eigenvalue weighted by Crippen LogP contribution is -1.92. The molecule has 0 amide bonds. The van der Waals surface area contributed by atoms with Gasteiger partial charge in [0.1, 0.15) is 5.52 Å². The van der Waals surface area contributed by atoms with Gasteiger partial charge in [-0.05, 0) is 31.5 Å². The second-order valence-electron chi connectivity index (χ2n) is 3.16. The Morgan fingerprint density at radius 1 is 1.50 bits per heavy atom. The highest BCUT2D eigenvalue weighted by atomic mass is 32.1. The Hall–Kier alpha value is -1.29. The maximum absolute atomic E-state index is 13.5. The predicted molar refractivity (Wildman–Crippen MR) is 56.8 cm³/mol. The van der Waals surface area contributed by atoms with Crippen molar-refractivity contribution in [3.8, 4) is 0 Å². The van der Waals surface area contributed by atoms with Crippen LogP contribution in [0.1, 0.15) is 17.5 Å². The van der Waals surface area contributed by atoms with E-state index in [0.29, 0.717) is 16.8 Å². The highest BCUT2D eigenvalue weighted by molar-refractivity contribution is 7.18. The Bertz CT molecular complexity index is 516. The Kier molecular flexibility index (Phi) is 2.07. The Balaban J connectivity index is 2.77. The molecular formula is C10H9FN2S. The van der Waals surface area contributed by atoms with Crippen molar-refractivity contribution in [2.75, 3.05) is 0 Å². The molecule has 0 aliphatic rings. The Morgan fingerprint density at radius 2 is 2.21 bits per heavy atom. The van der Waals surface area contributed by atoms with Crippen LogP contribution in [0, 0.1) is 18.2 Å². The largest absolute Gasteiger partial charge is 0.305 e. The first kappa shape index (κ1) is 9.27. The van der Waals surface area contributed by atoms with Crippen LogP contribution in [0.25, 0.3) is 10.2 Å². The second-order valence-corrected chi connectivity index (χ2v) is 4.40. The van der Waals surface area contributed by atoms with E-state index in [1.54, 1.807) is 6.92 Å². The average molecular weight is 208 g/mol. The third kappa shape index (κ3) is 1.42. The molecule has 1 aromatic carbocycles. The van der Waals surface area contributed by atoms with Crippen LogP contribution in [0.4, 0.5) is 4.39 Å². The molecule has 0 atom stereocenters. The summed E-state index contributed by atoms with van der Waals surface area (Å²) in [6, 6.07) is 3.18. The van der Waals surface area contributed by atoms with Crippen LogP contribution < -0.4 is 0 Å². The summed E-state index contributed by atoms with van der Waals surface area (Å²) in [5.74, 6) is -0.339. The van der Waals surface area contributed by atoms with Gasteiger partial charge in [-0.2, -0.15) is 0 Å². The molecular weight excluding hydrogens is 199 g/mol. The number of hydrogen-bond donors (Lipinski definition) is 1. The molecule has 0 spiro atoms. The van der Waals surface area contributed by atoms with Crippen LogP contribution in [0.3, 0.4) is 0 Å². The number of aryl methyl sites for hydroxylation is 1. The zero-order valence-corrected chi connectivity index (χ0v) is 8.70. The normalized spacial score (nSPS) is 10.8. The smallest absolute Gasteiger partial charge is 0.150 e. The second kappa shape index (κ2) is 3.13. The molecule has 1 N–H and O–H groups in total. The molecule has 0 radical (unpaired) electrons. The molecule has 0 aliphatic carbocycles. The number of nitrogens with one attached hydrogen (secondary N) is 1. The fraction of sp³-hybridized carbons (Fsp3) is 0.200. The van der Waals surface area contributed by atoms with Crippen LogP contribution in [0.2, 0.25) is 0 Å². The molecule has 2 rings (SSSR count). The molecule has 0 unspecified atom stereocenters.